The van der Waals surface area contributed by atoms with Gasteiger partial charge >= 0.3 is 5.97 Å². The Bertz CT molecular complexity index is 812. The van der Waals surface area contributed by atoms with E-state index in [0.717, 1.165) is 12.1 Å². The van der Waals surface area contributed by atoms with Gasteiger partial charge < -0.3 is 15.0 Å². The van der Waals surface area contributed by atoms with Crippen LogP contribution in [0.3, 0.4) is 0 Å². The first-order valence-electron chi connectivity index (χ1n) is 9.85. The second-order valence-electron chi connectivity index (χ2n) is 8.75. The lowest BCUT2D eigenvalue weighted by atomic mass is 9.75. The minimum atomic E-state index is -0.668. The van der Waals surface area contributed by atoms with E-state index in [4.69, 9.17) is 4.74 Å². The summed E-state index contributed by atoms with van der Waals surface area (Å²) in [6.45, 7) is 8.25. The average Bonchev–Trinajstić information content (AvgIpc) is 3.09. The van der Waals surface area contributed by atoms with Crippen LogP contribution in [0, 0.1) is 5.92 Å². The van der Waals surface area contributed by atoms with Crippen LogP contribution < -0.4 is 5.32 Å². The number of allylic oxidation sites excluding steroid dienone is 2. The zero-order valence-corrected chi connectivity index (χ0v) is 16.5. The van der Waals surface area contributed by atoms with Crippen molar-refractivity contribution in [3.05, 3.63) is 41.5 Å². The van der Waals surface area contributed by atoms with Crippen LogP contribution in [-0.4, -0.2) is 35.1 Å². The number of fused-ring (bicyclic) bond motifs is 5. The first kappa shape index (κ1) is 18.1. The number of carbonyl (C=O) groups is 2. The predicted molar refractivity (Wildman–Crippen MR) is 104 cm³/mol. The quantitative estimate of drug-likeness (QED) is 0.652. The van der Waals surface area contributed by atoms with Crippen molar-refractivity contribution in [2.75, 3.05) is 5.32 Å². The maximum atomic E-state index is 13.3. The Hall–Kier alpha value is -2.30. The number of anilines is 1. The molecule has 0 radical (unpaired) electrons. The first-order valence-corrected chi connectivity index (χ1v) is 9.85. The van der Waals surface area contributed by atoms with Gasteiger partial charge in [0.1, 0.15) is 12.2 Å². The number of hydrogen-bond acceptors (Lipinski definition) is 4. The van der Waals surface area contributed by atoms with E-state index >= 15 is 0 Å². The fourth-order valence-electron chi connectivity index (χ4n) is 4.84. The minimum Gasteiger partial charge on any atom is -0.451 e. The Morgan fingerprint density at radius 2 is 2.07 bits per heavy atom. The molecular weight excluding hydrogens is 340 g/mol. The van der Waals surface area contributed by atoms with Crippen molar-refractivity contribution in [1.29, 1.82) is 0 Å². The smallest absolute Gasteiger partial charge is 0.329 e. The fraction of sp³-hybridized carbons (Fsp3) is 0.545. The molecule has 3 aliphatic heterocycles. The Morgan fingerprint density at radius 1 is 1.33 bits per heavy atom. The van der Waals surface area contributed by atoms with Crippen molar-refractivity contribution in [2.45, 2.75) is 70.7 Å². The van der Waals surface area contributed by atoms with Gasteiger partial charge in [-0.3, -0.25) is 4.79 Å². The maximum Gasteiger partial charge on any atom is 0.329 e. The number of rotatable bonds is 4. The SMILES string of the molecule is CC(C)=CCC12CC3C(=O)OC(CC(C)C)C(=O)N3C1Nc1ccccc12. The van der Waals surface area contributed by atoms with E-state index in [9.17, 15) is 9.59 Å². The number of nitrogens with zero attached hydrogens (tertiary/aromatic N) is 1. The van der Waals surface area contributed by atoms with Gasteiger partial charge in [-0.25, -0.2) is 4.79 Å². The monoisotopic (exact) mass is 368 g/mol. The Labute approximate surface area is 160 Å². The van der Waals surface area contributed by atoms with Crippen LogP contribution in [0.4, 0.5) is 5.69 Å². The fourth-order valence-corrected chi connectivity index (χ4v) is 4.84. The Kier molecular flexibility index (Phi) is 4.28. The van der Waals surface area contributed by atoms with E-state index in [2.05, 4.69) is 37.4 Å². The molecule has 0 aromatic heterocycles. The standard InChI is InChI=1S/C22H28N2O3/c1-13(2)9-10-22-12-17-20(26)27-18(11-14(3)4)19(25)24(17)21(22)23-16-8-6-5-7-15(16)22/h5-9,14,17-18,21,23H,10-12H2,1-4H3. The van der Waals surface area contributed by atoms with Gasteiger partial charge in [0.2, 0.25) is 0 Å². The molecule has 1 aromatic rings. The van der Waals surface area contributed by atoms with Gasteiger partial charge in [-0.15, -0.1) is 0 Å². The predicted octanol–water partition coefficient (Wildman–Crippen LogP) is 3.60. The van der Waals surface area contributed by atoms with E-state index < -0.39 is 12.1 Å². The summed E-state index contributed by atoms with van der Waals surface area (Å²) in [5.74, 6) is -0.0294. The first-order chi connectivity index (χ1) is 12.8. The third kappa shape index (κ3) is 2.75. The molecule has 0 saturated carbocycles. The summed E-state index contributed by atoms with van der Waals surface area (Å²) < 4.78 is 5.57. The lowest BCUT2D eigenvalue weighted by molar-refractivity contribution is -0.178. The molecule has 4 rings (SSSR count). The zero-order valence-electron chi connectivity index (χ0n) is 16.5. The van der Waals surface area contributed by atoms with Crippen LogP contribution in [-0.2, 0) is 19.7 Å². The van der Waals surface area contributed by atoms with Crippen LogP contribution in [0.1, 0.15) is 52.5 Å². The molecule has 1 aromatic carbocycles. The summed E-state index contributed by atoms with van der Waals surface area (Å²) in [7, 11) is 0. The van der Waals surface area contributed by atoms with Crippen LogP contribution in [0.2, 0.25) is 0 Å². The number of amides is 1. The summed E-state index contributed by atoms with van der Waals surface area (Å²) in [5.41, 5.74) is 3.21. The molecule has 5 nitrogen and oxygen atoms in total. The highest BCUT2D eigenvalue weighted by Crippen LogP contribution is 2.54. The van der Waals surface area contributed by atoms with Crippen LogP contribution in [0.15, 0.2) is 35.9 Å². The third-order valence-corrected chi connectivity index (χ3v) is 6.07. The molecule has 4 atom stereocenters. The maximum absolute atomic E-state index is 13.3. The van der Waals surface area contributed by atoms with Crippen molar-refractivity contribution in [1.82, 2.24) is 4.90 Å². The van der Waals surface area contributed by atoms with Crippen LogP contribution in [0.25, 0.3) is 0 Å². The molecule has 3 aliphatic rings. The number of para-hydroxylation sites is 1. The summed E-state index contributed by atoms with van der Waals surface area (Å²) in [5, 5.41) is 3.55. The summed E-state index contributed by atoms with van der Waals surface area (Å²) >= 11 is 0. The van der Waals surface area contributed by atoms with Crippen LogP contribution >= 0.6 is 0 Å². The number of carbonyl (C=O) groups excluding carboxylic acids is 2. The second-order valence-corrected chi connectivity index (χ2v) is 8.75. The molecule has 144 valence electrons. The van der Waals surface area contributed by atoms with Crippen LogP contribution in [0.5, 0.6) is 0 Å². The van der Waals surface area contributed by atoms with E-state index in [0.29, 0.717) is 12.8 Å². The van der Waals surface area contributed by atoms with Gasteiger partial charge in [-0.05, 0) is 50.7 Å². The van der Waals surface area contributed by atoms with Crippen molar-refractivity contribution >= 4 is 17.6 Å². The molecular formula is C22H28N2O3. The Morgan fingerprint density at radius 3 is 2.78 bits per heavy atom. The number of morpholine rings is 1. The summed E-state index contributed by atoms with van der Waals surface area (Å²) in [6, 6.07) is 7.73. The highest BCUT2D eigenvalue weighted by Gasteiger charge is 2.63. The minimum absolute atomic E-state index is 0.0577. The van der Waals surface area contributed by atoms with E-state index in [1.54, 1.807) is 4.90 Å². The summed E-state index contributed by atoms with van der Waals surface area (Å²) in [4.78, 5) is 27.8. The Balaban J connectivity index is 1.76. The number of cyclic esters (lactones) is 1. The number of hydrogen-bond donors (Lipinski definition) is 1. The zero-order chi connectivity index (χ0) is 19.3. The second kappa shape index (κ2) is 6.39. The molecule has 1 N–H and O–H groups in total. The molecule has 5 heteroatoms. The molecule has 2 saturated heterocycles. The van der Waals surface area contributed by atoms with E-state index in [-0.39, 0.29) is 29.4 Å². The lowest BCUT2D eigenvalue weighted by Gasteiger charge is -2.38. The largest absolute Gasteiger partial charge is 0.451 e. The lowest BCUT2D eigenvalue weighted by Crippen LogP contribution is -2.58. The number of esters is 1. The van der Waals surface area contributed by atoms with Gasteiger partial charge in [-0.2, -0.15) is 0 Å². The molecule has 4 unspecified atom stereocenters. The van der Waals surface area contributed by atoms with Gasteiger partial charge in [0.25, 0.3) is 5.91 Å². The molecule has 3 heterocycles. The molecule has 0 aliphatic carbocycles. The molecule has 27 heavy (non-hydrogen) atoms. The van der Waals surface area contributed by atoms with Crippen molar-refractivity contribution in [2.24, 2.45) is 5.92 Å². The van der Waals surface area contributed by atoms with Crippen molar-refractivity contribution < 1.29 is 14.3 Å². The van der Waals surface area contributed by atoms with Crippen molar-refractivity contribution in [3.63, 3.8) is 0 Å². The van der Waals surface area contributed by atoms with E-state index in [1.165, 1.54) is 11.1 Å². The normalized spacial score (nSPS) is 31.1. The highest BCUT2D eigenvalue weighted by molar-refractivity contribution is 5.94. The molecule has 0 bridgehead atoms. The number of ether oxygens (including phenoxy) is 1. The highest BCUT2D eigenvalue weighted by atomic mass is 16.6. The average molecular weight is 368 g/mol. The molecule has 1 amide bonds. The topological polar surface area (TPSA) is 58.6 Å². The summed E-state index contributed by atoms with van der Waals surface area (Å²) in [6.07, 6.45) is 3.31. The third-order valence-electron chi connectivity index (χ3n) is 6.07. The molecule has 2 fully saturated rings. The van der Waals surface area contributed by atoms with E-state index in [1.807, 2.05) is 26.0 Å². The van der Waals surface area contributed by atoms with Gasteiger partial charge in [0.05, 0.1) is 0 Å². The van der Waals surface area contributed by atoms with Crippen molar-refractivity contribution in [3.8, 4) is 0 Å². The van der Waals surface area contributed by atoms with Gasteiger partial charge in [0.15, 0.2) is 6.10 Å². The molecule has 0 spiro atoms. The number of benzene rings is 1. The van der Waals surface area contributed by atoms with Gasteiger partial charge in [-0.1, -0.05) is 43.7 Å². The number of nitrogens with one attached hydrogen (secondary N) is 1. The van der Waals surface area contributed by atoms with Gasteiger partial charge in [0, 0.05) is 11.1 Å².